The van der Waals surface area contributed by atoms with Gasteiger partial charge in [-0.25, -0.2) is 0 Å². The van der Waals surface area contributed by atoms with Crippen LogP contribution in [0.25, 0.3) is 0 Å². The van der Waals surface area contributed by atoms with Crippen LogP contribution in [0.15, 0.2) is 0 Å². The fraction of sp³-hybridized carbons (Fsp3) is 1.00. The maximum Gasteiger partial charge on any atom is 0.00955 e. The van der Waals surface area contributed by atoms with Gasteiger partial charge in [0.05, 0.1) is 0 Å². The summed E-state index contributed by atoms with van der Waals surface area (Å²) in [5.41, 5.74) is 0.425. The first-order chi connectivity index (χ1) is 9.00. The van der Waals surface area contributed by atoms with Crippen LogP contribution >= 0.6 is 0 Å². The maximum atomic E-state index is 3.39. The minimum atomic E-state index is 0.425. The molecule has 1 aliphatic rings. The highest BCUT2D eigenvalue weighted by Crippen LogP contribution is 2.29. The van der Waals surface area contributed by atoms with Gasteiger partial charge in [-0.05, 0) is 50.6 Å². The maximum absolute atomic E-state index is 3.39. The predicted octanol–water partition coefficient (Wildman–Crippen LogP) is 3.91. The van der Waals surface area contributed by atoms with Gasteiger partial charge >= 0.3 is 0 Å². The van der Waals surface area contributed by atoms with Gasteiger partial charge in [-0.2, -0.15) is 0 Å². The molecule has 1 unspecified atom stereocenters. The number of hydrogen-bond donors (Lipinski definition) is 1. The molecule has 0 bridgehead atoms. The van der Waals surface area contributed by atoms with Gasteiger partial charge in [0, 0.05) is 19.1 Å². The molecule has 1 rings (SSSR count). The largest absolute Gasteiger partial charge is 0.319 e. The van der Waals surface area contributed by atoms with E-state index in [1.807, 2.05) is 0 Å². The Morgan fingerprint density at radius 2 is 1.89 bits per heavy atom. The Balaban J connectivity index is 2.60. The van der Waals surface area contributed by atoms with E-state index in [2.05, 4.69) is 45.0 Å². The molecule has 1 fully saturated rings. The van der Waals surface area contributed by atoms with Crippen LogP contribution in [0.5, 0.6) is 0 Å². The highest BCUT2D eigenvalue weighted by molar-refractivity contribution is 4.85. The van der Waals surface area contributed by atoms with Crippen molar-refractivity contribution in [1.29, 1.82) is 0 Å². The lowest BCUT2D eigenvalue weighted by Gasteiger charge is -2.38. The van der Waals surface area contributed by atoms with Gasteiger partial charge in [-0.15, -0.1) is 0 Å². The monoisotopic (exact) mass is 268 g/mol. The average Bonchev–Trinajstić information content (AvgIpc) is 2.88. The van der Waals surface area contributed by atoms with Gasteiger partial charge in [0.15, 0.2) is 0 Å². The Morgan fingerprint density at radius 1 is 1.26 bits per heavy atom. The average molecular weight is 268 g/mol. The molecule has 1 atom stereocenters. The summed E-state index contributed by atoms with van der Waals surface area (Å²) in [6.45, 7) is 13.2. The van der Waals surface area contributed by atoms with E-state index in [0.29, 0.717) is 5.41 Å². The summed E-state index contributed by atoms with van der Waals surface area (Å²) in [6.07, 6.45) is 8.35. The molecule has 0 aromatic carbocycles. The lowest BCUT2D eigenvalue weighted by atomic mass is 9.86. The lowest BCUT2D eigenvalue weighted by molar-refractivity contribution is 0.110. The van der Waals surface area contributed by atoms with Crippen molar-refractivity contribution in [2.45, 2.75) is 72.3 Å². The van der Waals surface area contributed by atoms with E-state index < -0.39 is 0 Å². The summed E-state index contributed by atoms with van der Waals surface area (Å²) in [4.78, 5) is 2.81. The van der Waals surface area contributed by atoms with Gasteiger partial charge < -0.3 is 5.32 Å². The standard InChI is InChI=1S/C17H36N2/c1-6-17(4,13-18-5)14-19(12-11-15(2)3)16-9-7-8-10-16/h15-16,18H,6-14H2,1-5H3. The highest BCUT2D eigenvalue weighted by Gasteiger charge is 2.29. The molecule has 0 amide bonds. The predicted molar refractivity (Wildman–Crippen MR) is 85.6 cm³/mol. The SMILES string of the molecule is CCC(C)(CNC)CN(CCC(C)C)C1CCCC1. The molecule has 0 saturated heterocycles. The highest BCUT2D eigenvalue weighted by atomic mass is 15.2. The van der Waals surface area contributed by atoms with Gasteiger partial charge in [-0.1, -0.05) is 40.5 Å². The third-order valence-corrected chi connectivity index (χ3v) is 4.88. The van der Waals surface area contributed by atoms with E-state index in [9.17, 15) is 0 Å². The van der Waals surface area contributed by atoms with E-state index in [1.54, 1.807) is 0 Å². The third-order valence-electron chi connectivity index (χ3n) is 4.88. The first-order valence-corrected chi connectivity index (χ1v) is 8.39. The van der Waals surface area contributed by atoms with Crippen molar-refractivity contribution in [2.75, 3.05) is 26.7 Å². The molecule has 2 nitrogen and oxygen atoms in total. The zero-order chi connectivity index (χ0) is 14.3. The van der Waals surface area contributed by atoms with Crippen LogP contribution in [0.1, 0.15) is 66.2 Å². The quantitative estimate of drug-likeness (QED) is 0.682. The van der Waals surface area contributed by atoms with E-state index >= 15 is 0 Å². The zero-order valence-corrected chi connectivity index (χ0v) is 14.0. The normalized spacial score (nSPS) is 20.4. The van der Waals surface area contributed by atoms with Crippen LogP contribution in [0.2, 0.25) is 0 Å². The molecule has 0 aromatic heterocycles. The molecule has 2 heteroatoms. The van der Waals surface area contributed by atoms with Gasteiger partial charge in [-0.3, -0.25) is 4.90 Å². The molecule has 19 heavy (non-hydrogen) atoms. The first-order valence-electron chi connectivity index (χ1n) is 8.39. The van der Waals surface area contributed by atoms with Crippen molar-refractivity contribution in [1.82, 2.24) is 10.2 Å². The fourth-order valence-corrected chi connectivity index (χ4v) is 3.29. The Labute approximate surface area is 121 Å². The minimum absolute atomic E-state index is 0.425. The lowest BCUT2D eigenvalue weighted by Crippen LogP contribution is -2.45. The molecular weight excluding hydrogens is 232 g/mol. The van der Waals surface area contributed by atoms with Crippen LogP contribution < -0.4 is 5.32 Å². The molecule has 114 valence electrons. The van der Waals surface area contributed by atoms with Crippen molar-refractivity contribution in [2.24, 2.45) is 11.3 Å². The van der Waals surface area contributed by atoms with E-state index in [-0.39, 0.29) is 0 Å². The summed E-state index contributed by atoms with van der Waals surface area (Å²) in [5, 5.41) is 3.39. The van der Waals surface area contributed by atoms with Gasteiger partial charge in [0.2, 0.25) is 0 Å². The fourth-order valence-electron chi connectivity index (χ4n) is 3.29. The first kappa shape index (κ1) is 17.0. The van der Waals surface area contributed by atoms with Gasteiger partial charge in [0.1, 0.15) is 0 Å². The number of rotatable bonds is 9. The van der Waals surface area contributed by atoms with Crippen molar-refractivity contribution in [3.8, 4) is 0 Å². The van der Waals surface area contributed by atoms with Crippen LogP contribution in [-0.2, 0) is 0 Å². The Bertz CT molecular complexity index is 233. The summed E-state index contributed by atoms with van der Waals surface area (Å²) >= 11 is 0. The summed E-state index contributed by atoms with van der Waals surface area (Å²) in [6, 6.07) is 0.862. The van der Waals surface area contributed by atoms with Crippen LogP contribution in [0, 0.1) is 11.3 Å². The van der Waals surface area contributed by atoms with E-state index in [4.69, 9.17) is 0 Å². The van der Waals surface area contributed by atoms with E-state index in [0.717, 1.165) is 18.5 Å². The molecule has 1 N–H and O–H groups in total. The Morgan fingerprint density at radius 3 is 2.37 bits per heavy atom. The summed E-state index contributed by atoms with van der Waals surface area (Å²) < 4.78 is 0. The number of nitrogens with zero attached hydrogens (tertiary/aromatic N) is 1. The summed E-state index contributed by atoms with van der Waals surface area (Å²) in [5.74, 6) is 0.820. The zero-order valence-electron chi connectivity index (χ0n) is 14.0. The van der Waals surface area contributed by atoms with Crippen molar-refractivity contribution < 1.29 is 0 Å². The smallest absolute Gasteiger partial charge is 0.00955 e. The number of hydrogen-bond acceptors (Lipinski definition) is 2. The topological polar surface area (TPSA) is 15.3 Å². The number of nitrogens with one attached hydrogen (secondary N) is 1. The second kappa shape index (κ2) is 8.26. The van der Waals surface area contributed by atoms with Crippen LogP contribution in [-0.4, -0.2) is 37.6 Å². The Hall–Kier alpha value is -0.0800. The Kier molecular flexibility index (Phi) is 7.38. The molecule has 1 aliphatic carbocycles. The second-order valence-electron chi connectivity index (χ2n) is 7.29. The third kappa shape index (κ3) is 5.83. The molecule has 0 spiro atoms. The second-order valence-corrected chi connectivity index (χ2v) is 7.29. The molecule has 0 heterocycles. The van der Waals surface area contributed by atoms with Crippen LogP contribution in [0.3, 0.4) is 0 Å². The van der Waals surface area contributed by atoms with Crippen molar-refractivity contribution in [3.63, 3.8) is 0 Å². The summed E-state index contributed by atoms with van der Waals surface area (Å²) in [7, 11) is 2.09. The minimum Gasteiger partial charge on any atom is -0.319 e. The molecule has 0 aromatic rings. The molecule has 0 radical (unpaired) electrons. The van der Waals surface area contributed by atoms with Crippen molar-refractivity contribution in [3.05, 3.63) is 0 Å². The van der Waals surface area contributed by atoms with E-state index in [1.165, 1.54) is 51.6 Å². The van der Waals surface area contributed by atoms with Crippen molar-refractivity contribution >= 4 is 0 Å². The van der Waals surface area contributed by atoms with Crippen LogP contribution in [0.4, 0.5) is 0 Å². The molecule has 0 aliphatic heterocycles. The molecule has 1 saturated carbocycles. The molecular formula is C17H36N2. The van der Waals surface area contributed by atoms with Gasteiger partial charge in [0.25, 0.3) is 0 Å².